The molecule has 0 radical (unpaired) electrons. The molecule has 2 N–H and O–H groups in total. The smallest absolute Gasteiger partial charge is 0.345 e. The Morgan fingerprint density at radius 2 is 1.73 bits per heavy atom. The quantitative estimate of drug-likeness (QED) is 0.891. The van der Waals surface area contributed by atoms with E-state index in [4.69, 9.17) is 0 Å². The van der Waals surface area contributed by atoms with Gasteiger partial charge in [0.2, 0.25) is 5.60 Å². The first-order valence-electron chi connectivity index (χ1n) is 7.23. The number of aliphatic hydroxyl groups is 1. The predicted molar refractivity (Wildman–Crippen MR) is 87.2 cm³/mol. The van der Waals surface area contributed by atoms with Crippen LogP contribution in [-0.4, -0.2) is 30.3 Å². The van der Waals surface area contributed by atoms with Crippen LogP contribution in [-0.2, 0) is 16.8 Å². The number of carboxylic acids is 1. The fourth-order valence-corrected chi connectivity index (χ4v) is 2.77. The third kappa shape index (κ3) is 2.57. The van der Waals surface area contributed by atoms with Crippen molar-refractivity contribution in [2.24, 2.45) is 0 Å². The van der Waals surface area contributed by atoms with Gasteiger partial charge in [-0.25, -0.2) is 4.79 Å². The lowest BCUT2D eigenvalue weighted by Crippen LogP contribution is -2.38. The minimum atomic E-state index is -2.08. The van der Waals surface area contributed by atoms with Gasteiger partial charge in [0.1, 0.15) is 0 Å². The summed E-state index contributed by atoms with van der Waals surface area (Å²) in [5.41, 5.74) is 0.401. The predicted octanol–water partition coefficient (Wildman–Crippen LogP) is 2.64. The second kappa shape index (κ2) is 6.20. The normalized spacial score (nSPS) is 13.5. The molecule has 0 aliphatic heterocycles. The van der Waals surface area contributed by atoms with Gasteiger partial charge >= 0.3 is 5.97 Å². The van der Waals surface area contributed by atoms with Crippen molar-refractivity contribution in [1.29, 1.82) is 0 Å². The van der Waals surface area contributed by atoms with Crippen LogP contribution in [0.15, 0.2) is 48.5 Å². The molecule has 4 nitrogen and oxygen atoms in total. The van der Waals surface area contributed by atoms with E-state index in [1.807, 2.05) is 32.0 Å². The highest BCUT2D eigenvalue weighted by molar-refractivity contribution is 5.87. The molecule has 0 saturated heterocycles. The summed E-state index contributed by atoms with van der Waals surface area (Å²) >= 11 is 0. The number of anilines is 1. The maximum atomic E-state index is 11.9. The summed E-state index contributed by atoms with van der Waals surface area (Å²) in [5, 5.41) is 20.8. The van der Waals surface area contributed by atoms with E-state index >= 15 is 0 Å². The number of hydrogen-bond acceptors (Lipinski definition) is 3. The lowest BCUT2D eigenvalue weighted by molar-refractivity contribution is -0.155. The Morgan fingerprint density at radius 3 is 2.23 bits per heavy atom. The maximum Gasteiger partial charge on any atom is 0.345 e. The first-order valence-corrected chi connectivity index (χ1v) is 7.23. The largest absolute Gasteiger partial charge is 0.479 e. The first-order chi connectivity index (χ1) is 10.4. The van der Waals surface area contributed by atoms with E-state index in [2.05, 4.69) is 0 Å². The molecule has 0 spiro atoms. The molecule has 2 rings (SSSR count). The minimum Gasteiger partial charge on any atom is -0.479 e. The molecular weight excluding hydrogens is 278 g/mol. The highest BCUT2D eigenvalue weighted by atomic mass is 16.4. The summed E-state index contributed by atoms with van der Waals surface area (Å²) in [6.45, 7) is 2.01. The third-order valence-corrected chi connectivity index (χ3v) is 3.84. The first kappa shape index (κ1) is 16.0. The molecule has 0 amide bonds. The van der Waals surface area contributed by atoms with Crippen LogP contribution in [0.4, 0.5) is 5.69 Å². The van der Waals surface area contributed by atoms with Gasteiger partial charge in [-0.2, -0.15) is 0 Å². The topological polar surface area (TPSA) is 60.8 Å². The molecule has 0 bridgehead atoms. The van der Waals surface area contributed by atoms with Gasteiger partial charge in [0, 0.05) is 25.3 Å². The molecule has 1 atom stereocenters. The summed E-state index contributed by atoms with van der Waals surface area (Å²) < 4.78 is 0. The lowest BCUT2D eigenvalue weighted by Gasteiger charge is -2.30. The second-order valence-corrected chi connectivity index (χ2v) is 5.44. The molecule has 0 aliphatic carbocycles. The van der Waals surface area contributed by atoms with Crippen molar-refractivity contribution in [3.8, 4) is 0 Å². The van der Waals surface area contributed by atoms with Crippen molar-refractivity contribution < 1.29 is 15.0 Å². The van der Waals surface area contributed by atoms with E-state index in [1.165, 1.54) is 0 Å². The van der Waals surface area contributed by atoms with Crippen LogP contribution >= 0.6 is 0 Å². The van der Waals surface area contributed by atoms with Gasteiger partial charge in [-0.3, -0.25) is 0 Å². The molecule has 0 fully saturated rings. The number of carboxylic acid groups (broad SMARTS) is 1. The van der Waals surface area contributed by atoms with Crippen molar-refractivity contribution in [1.82, 2.24) is 0 Å². The summed E-state index contributed by atoms with van der Waals surface area (Å²) in [6, 6.07) is 13.9. The number of hydrogen-bond donors (Lipinski definition) is 2. The lowest BCUT2D eigenvalue weighted by atomic mass is 9.83. The van der Waals surface area contributed by atoms with E-state index in [0.717, 1.165) is 17.7 Å². The van der Waals surface area contributed by atoms with Crippen LogP contribution in [0.25, 0.3) is 0 Å². The molecule has 0 saturated carbocycles. The number of benzene rings is 2. The van der Waals surface area contributed by atoms with Gasteiger partial charge in [0.15, 0.2) is 0 Å². The minimum absolute atomic E-state index is 0.346. The average Bonchev–Trinajstić information content (AvgIpc) is 2.53. The Kier molecular flexibility index (Phi) is 4.52. The van der Waals surface area contributed by atoms with Gasteiger partial charge in [-0.1, -0.05) is 55.5 Å². The van der Waals surface area contributed by atoms with E-state index in [-0.39, 0.29) is 0 Å². The molecule has 1 unspecified atom stereocenters. The fourth-order valence-electron chi connectivity index (χ4n) is 2.77. The Labute approximate surface area is 130 Å². The zero-order chi connectivity index (χ0) is 16.3. The van der Waals surface area contributed by atoms with Gasteiger partial charge < -0.3 is 15.1 Å². The van der Waals surface area contributed by atoms with Gasteiger partial charge in [0.25, 0.3) is 0 Å². The van der Waals surface area contributed by atoms with Gasteiger partial charge in [-0.05, 0) is 17.5 Å². The number of nitrogens with zero attached hydrogens (tertiary/aromatic N) is 1. The van der Waals surface area contributed by atoms with Crippen LogP contribution in [0, 0.1) is 0 Å². The summed E-state index contributed by atoms with van der Waals surface area (Å²) in [4.78, 5) is 13.8. The second-order valence-electron chi connectivity index (χ2n) is 5.44. The van der Waals surface area contributed by atoms with Gasteiger partial charge in [0.05, 0.1) is 0 Å². The number of aryl methyl sites for hydroxylation is 1. The molecule has 0 heterocycles. The van der Waals surface area contributed by atoms with Crippen molar-refractivity contribution in [2.75, 3.05) is 19.0 Å². The maximum absolute atomic E-state index is 11.9. The molecule has 0 aliphatic rings. The van der Waals surface area contributed by atoms with Crippen molar-refractivity contribution in [2.45, 2.75) is 18.9 Å². The highest BCUT2D eigenvalue weighted by Crippen LogP contribution is 2.38. The van der Waals surface area contributed by atoms with E-state index in [0.29, 0.717) is 11.1 Å². The fraction of sp³-hybridized carbons (Fsp3) is 0.278. The SMILES string of the molecule is CCc1cccc(C(O)(C(=O)O)c2ccccc2)c1N(C)C. The monoisotopic (exact) mass is 299 g/mol. The van der Waals surface area contributed by atoms with E-state index in [1.54, 1.807) is 42.5 Å². The number of aliphatic carboxylic acids is 1. The third-order valence-electron chi connectivity index (χ3n) is 3.84. The molecule has 22 heavy (non-hydrogen) atoms. The zero-order valence-corrected chi connectivity index (χ0v) is 13.1. The van der Waals surface area contributed by atoms with Crippen molar-refractivity contribution in [3.05, 3.63) is 65.2 Å². The molecule has 2 aromatic rings. The van der Waals surface area contributed by atoms with Crippen LogP contribution < -0.4 is 4.90 Å². The Morgan fingerprint density at radius 1 is 1.09 bits per heavy atom. The van der Waals surface area contributed by atoms with Crippen LogP contribution in [0.1, 0.15) is 23.6 Å². The summed E-state index contributed by atoms with van der Waals surface area (Å²) in [6.07, 6.45) is 0.756. The molecule has 4 heteroatoms. The molecule has 2 aromatic carbocycles. The van der Waals surface area contributed by atoms with E-state index in [9.17, 15) is 15.0 Å². The van der Waals surface area contributed by atoms with Crippen molar-refractivity contribution >= 4 is 11.7 Å². The van der Waals surface area contributed by atoms with Crippen LogP contribution in [0.2, 0.25) is 0 Å². The van der Waals surface area contributed by atoms with E-state index < -0.39 is 11.6 Å². The summed E-state index contributed by atoms with van der Waals surface area (Å²) in [5.74, 6) is -1.28. The molecular formula is C18H21NO3. The Hall–Kier alpha value is -2.33. The average molecular weight is 299 g/mol. The van der Waals surface area contributed by atoms with Crippen LogP contribution in [0.3, 0.4) is 0 Å². The highest BCUT2D eigenvalue weighted by Gasteiger charge is 2.42. The standard InChI is InChI=1S/C18H21NO3/c1-4-13-9-8-12-15(16(13)19(2)3)18(22,17(20)21)14-10-6-5-7-11-14/h5-12,22H,4H2,1-3H3,(H,20,21). The Bertz CT molecular complexity index is 667. The number of carbonyl (C=O) groups is 1. The Balaban J connectivity index is 2.78. The van der Waals surface area contributed by atoms with Crippen molar-refractivity contribution in [3.63, 3.8) is 0 Å². The number of rotatable bonds is 5. The zero-order valence-electron chi connectivity index (χ0n) is 13.1. The van der Waals surface area contributed by atoms with Crippen LogP contribution in [0.5, 0.6) is 0 Å². The van der Waals surface area contributed by atoms with Gasteiger partial charge in [-0.15, -0.1) is 0 Å². The molecule has 0 aromatic heterocycles. The molecule has 116 valence electrons. The summed E-state index contributed by atoms with van der Waals surface area (Å²) in [7, 11) is 3.70. The number of para-hydroxylation sites is 1.